The minimum absolute atomic E-state index is 0.00222. The third kappa shape index (κ3) is 5.82. The number of thiophene rings is 1. The maximum Gasteiger partial charge on any atom is 0.261 e. The molecule has 5 nitrogen and oxygen atoms in total. The lowest BCUT2D eigenvalue weighted by molar-refractivity contribution is -0.131. The van der Waals surface area contributed by atoms with E-state index in [4.69, 9.17) is 0 Å². The molecule has 1 atom stereocenters. The summed E-state index contributed by atoms with van der Waals surface area (Å²) >= 11 is 1.58. The maximum absolute atomic E-state index is 12.9. The van der Waals surface area contributed by atoms with Crippen LogP contribution >= 0.6 is 11.3 Å². The van der Waals surface area contributed by atoms with Crippen molar-refractivity contribution in [3.05, 3.63) is 92.7 Å². The average molecular weight is 488 g/mol. The zero-order valence-corrected chi connectivity index (χ0v) is 21.2. The van der Waals surface area contributed by atoms with E-state index in [-0.39, 0.29) is 11.8 Å². The molecule has 0 fully saturated rings. The Morgan fingerprint density at radius 3 is 2.54 bits per heavy atom. The largest absolute Gasteiger partial charge is 0.351 e. The quantitative estimate of drug-likeness (QED) is 0.541. The van der Waals surface area contributed by atoms with E-state index >= 15 is 0 Å². The zero-order chi connectivity index (χ0) is 24.2. The number of hydrogen-bond donors (Lipinski definition) is 1. The summed E-state index contributed by atoms with van der Waals surface area (Å²) in [6.45, 7) is 7.23. The molecule has 182 valence electrons. The van der Waals surface area contributed by atoms with Crippen molar-refractivity contribution >= 4 is 23.2 Å². The molecule has 0 aliphatic carbocycles. The van der Waals surface area contributed by atoms with Gasteiger partial charge in [0.15, 0.2) is 0 Å². The molecule has 3 aromatic rings. The highest BCUT2D eigenvalue weighted by molar-refractivity contribution is 7.14. The third-order valence-corrected chi connectivity index (χ3v) is 8.27. The molecule has 2 aromatic carbocycles. The summed E-state index contributed by atoms with van der Waals surface area (Å²) in [7, 11) is 0. The zero-order valence-electron chi connectivity index (χ0n) is 20.3. The van der Waals surface area contributed by atoms with Gasteiger partial charge in [-0.05, 0) is 47.1 Å². The van der Waals surface area contributed by atoms with Crippen LogP contribution in [-0.2, 0) is 37.1 Å². The predicted molar refractivity (Wildman–Crippen MR) is 141 cm³/mol. The Kier molecular flexibility index (Phi) is 7.30. The van der Waals surface area contributed by atoms with Crippen LogP contribution in [0.3, 0.4) is 0 Å². The van der Waals surface area contributed by atoms with Gasteiger partial charge in [0.25, 0.3) is 5.91 Å². The first-order valence-electron chi connectivity index (χ1n) is 12.6. The van der Waals surface area contributed by atoms with E-state index in [0.29, 0.717) is 25.4 Å². The molecule has 1 N–H and O–H groups in total. The van der Waals surface area contributed by atoms with Crippen LogP contribution in [0.4, 0.5) is 0 Å². The number of benzene rings is 2. The topological polar surface area (TPSA) is 52.7 Å². The molecule has 0 unspecified atom stereocenters. The molecule has 2 amide bonds. The molecule has 0 saturated carbocycles. The van der Waals surface area contributed by atoms with Crippen LogP contribution in [0.15, 0.2) is 60.7 Å². The first-order chi connectivity index (χ1) is 17.0. The minimum Gasteiger partial charge on any atom is -0.351 e. The number of rotatable bonds is 7. The first-order valence-corrected chi connectivity index (χ1v) is 13.4. The van der Waals surface area contributed by atoms with E-state index in [1.165, 1.54) is 16.0 Å². The number of hydrogen-bond acceptors (Lipinski definition) is 4. The fraction of sp³-hybridized carbons (Fsp3) is 0.379. The number of nitrogens with zero attached hydrogens (tertiary/aromatic N) is 2. The van der Waals surface area contributed by atoms with Gasteiger partial charge < -0.3 is 10.2 Å². The summed E-state index contributed by atoms with van der Waals surface area (Å²) in [5.74, 6) is 0.528. The summed E-state index contributed by atoms with van der Waals surface area (Å²) in [5, 5.41) is 3.15. The van der Waals surface area contributed by atoms with Gasteiger partial charge in [0.05, 0.1) is 11.3 Å². The summed E-state index contributed by atoms with van der Waals surface area (Å²) in [5.41, 5.74) is 5.05. The van der Waals surface area contributed by atoms with Gasteiger partial charge >= 0.3 is 0 Å². The summed E-state index contributed by atoms with van der Waals surface area (Å²) in [6.07, 6.45) is 2.34. The van der Waals surface area contributed by atoms with E-state index in [1.807, 2.05) is 41.3 Å². The van der Waals surface area contributed by atoms with Crippen molar-refractivity contribution < 1.29 is 9.59 Å². The summed E-state index contributed by atoms with van der Waals surface area (Å²) in [6, 6.07) is 20.6. The van der Waals surface area contributed by atoms with Crippen LogP contribution in [0.25, 0.3) is 0 Å². The Hall–Kier alpha value is -2.96. The number of carbonyl (C=O) groups excluding carboxylic acids is 2. The molecule has 2 aliphatic heterocycles. The van der Waals surface area contributed by atoms with Gasteiger partial charge in [0.1, 0.15) is 0 Å². The highest BCUT2D eigenvalue weighted by Crippen LogP contribution is 2.28. The minimum atomic E-state index is 0.00222. The monoisotopic (exact) mass is 487 g/mol. The van der Waals surface area contributed by atoms with Gasteiger partial charge in [-0.2, -0.15) is 0 Å². The standard InChI is InChI=1S/C29H33N3O2S/c1-21(18-31-13-11-23-9-5-6-10-24(23)19-31)17-30-29(34)27-16-25-20-32(14-12-26(25)35-27)28(33)15-22-7-3-2-4-8-22/h2-10,16,21H,11-15,17-20H2,1H3,(H,30,34)/t21-/m1/s1. The Balaban J connectivity index is 1.11. The van der Waals surface area contributed by atoms with Crippen molar-refractivity contribution in [1.29, 1.82) is 0 Å². The fourth-order valence-corrected chi connectivity index (χ4v) is 6.19. The molecule has 2 aliphatic rings. The van der Waals surface area contributed by atoms with E-state index < -0.39 is 0 Å². The molecule has 6 heteroatoms. The number of nitrogens with one attached hydrogen (secondary N) is 1. The second kappa shape index (κ2) is 10.8. The summed E-state index contributed by atoms with van der Waals surface area (Å²) < 4.78 is 0. The molecule has 35 heavy (non-hydrogen) atoms. The lowest BCUT2D eigenvalue weighted by Gasteiger charge is -2.30. The molecule has 5 rings (SSSR count). The maximum atomic E-state index is 12.9. The van der Waals surface area contributed by atoms with Gasteiger partial charge in [0.2, 0.25) is 5.91 Å². The van der Waals surface area contributed by atoms with Crippen LogP contribution in [0.2, 0.25) is 0 Å². The van der Waals surface area contributed by atoms with Crippen LogP contribution in [0, 0.1) is 5.92 Å². The Labute approximate surface area is 211 Å². The van der Waals surface area contributed by atoms with E-state index in [1.54, 1.807) is 11.3 Å². The van der Waals surface area contributed by atoms with Gasteiger partial charge in [-0.1, -0.05) is 61.5 Å². The van der Waals surface area contributed by atoms with Gasteiger partial charge in [0, 0.05) is 44.1 Å². The molecule has 1 aromatic heterocycles. The SMILES string of the molecule is C[C@H](CNC(=O)c1cc2c(s1)CCN(C(=O)Cc1ccccc1)C2)CN1CCc2ccccc2C1. The third-order valence-electron chi connectivity index (χ3n) is 7.03. The van der Waals surface area contributed by atoms with E-state index in [0.717, 1.165) is 55.0 Å². The number of amides is 2. The lowest BCUT2D eigenvalue weighted by atomic mass is 9.99. The molecule has 3 heterocycles. The van der Waals surface area contributed by atoms with Crippen molar-refractivity contribution in [1.82, 2.24) is 15.1 Å². The van der Waals surface area contributed by atoms with Crippen molar-refractivity contribution in [2.45, 2.75) is 39.3 Å². The Morgan fingerprint density at radius 2 is 1.71 bits per heavy atom. The van der Waals surface area contributed by atoms with Crippen molar-refractivity contribution in [2.75, 3.05) is 26.2 Å². The Morgan fingerprint density at radius 1 is 0.943 bits per heavy atom. The highest BCUT2D eigenvalue weighted by Gasteiger charge is 2.25. The predicted octanol–water partition coefficient (Wildman–Crippen LogP) is 4.30. The Bertz CT molecular complexity index is 1190. The van der Waals surface area contributed by atoms with E-state index in [2.05, 4.69) is 41.4 Å². The molecule has 0 bridgehead atoms. The molecular weight excluding hydrogens is 454 g/mol. The van der Waals surface area contributed by atoms with Crippen LogP contribution in [-0.4, -0.2) is 47.8 Å². The highest BCUT2D eigenvalue weighted by atomic mass is 32.1. The van der Waals surface area contributed by atoms with E-state index in [9.17, 15) is 9.59 Å². The number of fused-ring (bicyclic) bond motifs is 2. The average Bonchev–Trinajstić information content (AvgIpc) is 3.31. The number of carbonyl (C=O) groups is 2. The van der Waals surface area contributed by atoms with Crippen LogP contribution in [0.1, 0.15) is 43.7 Å². The normalized spacial score (nSPS) is 16.3. The summed E-state index contributed by atoms with van der Waals surface area (Å²) in [4.78, 5) is 32.1. The van der Waals surface area contributed by atoms with Crippen LogP contribution < -0.4 is 5.32 Å². The van der Waals surface area contributed by atoms with Crippen molar-refractivity contribution in [2.24, 2.45) is 5.92 Å². The van der Waals surface area contributed by atoms with Crippen LogP contribution in [0.5, 0.6) is 0 Å². The van der Waals surface area contributed by atoms with Crippen molar-refractivity contribution in [3.63, 3.8) is 0 Å². The molecule has 0 spiro atoms. The molecular formula is C29H33N3O2S. The lowest BCUT2D eigenvalue weighted by Crippen LogP contribution is -2.38. The van der Waals surface area contributed by atoms with Gasteiger partial charge in [-0.3, -0.25) is 14.5 Å². The van der Waals surface area contributed by atoms with Crippen molar-refractivity contribution in [3.8, 4) is 0 Å². The molecule has 0 radical (unpaired) electrons. The second-order valence-electron chi connectivity index (χ2n) is 9.86. The molecule has 0 saturated heterocycles. The first kappa shape index (κ1) is 23.8. The second-order valence-corrected chi connectivity index (χ2v) is 11.0. The smallest absolute Gasteiger partial charge is 0.261 e. The van der Waals surface area contributed by atoms with Gasteiger partial charge in [-0.25, -0.2) is 0 Å². The fourth-order valence-electron chi connectivity index (χ4n) is 5.11. The van der Waals surface area contributed by atoms with Gasteiger partial charge in [-0.15, -0.1) is 11.3 Å².